The Bertz CT molecular complexity index is 169. The van der Waals surface area contributed by atoms with Crippen molar-refractivity contribution in [3.8, 4) is 0 Å². The first kappa shape index (κ1) is 14.2. The van der Waals surface area contributed by atoms with Gasteiger partial charge in [-0.1, -0.05) is 13.8 Å². The summed E-state index contributed by atoms with van der Waals surface area (Å²) in [7, 11) is 1.69. The smallest absolute Gasteiger partial charge is 0.205 e. The van der Waals surface area contributed by atoms with Crippen molar-refractivity contribution < 1.29 is 4.74 Å². The van der Waals surface area contributed by atoms with Gasteiger partial charge in [0, 0.05) is 26.3 Å². The van der Waals surface area contributed by atoms with Crippen molar-refractivity contribution in [2.45, 2.75) is 39.2 Å². The van der Waals surface area contributed by atoms with Gasteiger partial charge in [-0.05, 0) is 19.3 Å². The van der Waals surface area contributed by atoms with Crippen LogP contribution < -0.4 is 16.6 Å². The zero-order valence-corrected chi connectivity index (χ0v) is 10.0. The van der Waals surface area contributed by atoms with Crippen LogP contribution in [0.1, 0.15) is 33.1 Å². The maximum absolute atomic E-state index is 5.37. The fraction of sp³-hybridized carbons (Fsp3) is 0.900. The van der Waals surface area contributed by atoms with Gasteiger partial charge in [0.1, 0.15) is 0 Å². The third-order valence-corrected chi connectivity index (χ3v) is 2.24. The highest BCUT2D eigenvalue weighted by molar-refractivity contribution is 5.79. The maximum Gasteiger partial charge on any atom is 0.205 e. The molecule has 0 aliphatic carbocycles. The molecule has 0 aromatic rings. The minimum atomic E-state index is 0.433. The van der Waals surface area contributed by atoms with E-state index >= 15 is 0 Å². The minimum Gasteiger partial charge on any atom is -0.385 e. The van der Waals surface area contributed by atoms with Crippen molar-refractivity contribution in [1.82, 2.24) is 10.7 Å². The van der Waals surface area contributed by atoms with Crippen LogP contribution in [0, 0.1) is 0 Å². The van der Waals surface area contributed by atoms with Crippen LogP contribution in [0.15, 0.2) is 4.99 Å². The first-order valence-electron chi connectivity index (χ1n) is 5.54. The van der Waals surface area contributed by atoms with Gasteiger partial charge < -0.3 is 10.1 Å². The van der Waals surface area contributed by atoms with Gasteiger partial charge in [-0.25, -0.2) is 5.84 Å². The predicted octanol–water partition coefficient (Wildman–Crippen LogP) is 0.620. The first-order chi connectivity index (χ1) is 7.28. The number of nitrogens with zero attached hydrogens (tertiary/aromatic N) is 1. The molecular weight excluding hydrogens is 192 g/mol. The predicted molar refractivity (Wildman–Crippen MR) is 63.6 cm³/mol. The van der Waals surface area contributed by atoms with E-state index in [2.05, 4.69) is 29.6 Å². The normalized spacial score (nSPS) is 11.9. The summed E-state index contributed by atoms with van der Waals surface area (Å²) >= 11 is 0. The second kappa shape index (κ2) is 9.73. The lowest BCUT2D eigenvalue weighted by Crippen LogP contribution is -2.46. The molecule has 0 unspecified atom stereocenters. The highest BCUT2D eigenvalue weighted by atomic mass is 16.5. The van der Waals surface area contributed by atoms with E-state index < -0.39 is 0 Å². The summed E-state index contributed by atoms with van der Waals surface area (Å²) in [6.07, 6.45) is 3.04. The fourth-order valence-corrected chi connectivity index (χ4v) is 1.22. The third-order valence-electron chi connectivity index (χ3n) is 2.24. The highest BCUT2D eigenvalue weighted by Gasteiger charge is 2.04. The zero-order chi connectivity index (χ0) is 11.5. The number of ether oxygens (including phenoxy) is 1. The van der Waals surface area contributed by atoms with Gasteiger partial charge in [-0.15, -0.1) is 0 Å². The summed E-state index contributed by atoms with van der Waals surface area (Å²) in [5, 5.41) is 3.25. The Balaban J connectivity index is 3.88. The van der Waals surface area contributed by atoms with Crippen molar-refractivity contribution in [3.63, 3.8) is 0 Å². The average molecular weight is 216 g/mol. The molecule has 0 atom stereocenters. The standard InChI is InChI=1S/C10H24N4O/c1-4-9(5-2)13-10(14-11)12-7-6-8-15-3/h9H,4-8,11H2,1-3H3,(H2,12,13,14). The molecule has 15 heavy (non-hydrogen) atoms. The number of guanidine groups is 1. The Morgan fingerprint density at radius 3 is 2.53 bits per heavy atom. The molecule has 5 nitrogen and oxygen atoms in total. The van der Waals surface area contributed by atoms with Gasteiger partial charge in [0.05, 0.1) is 0 Å². The summed E-state index contributed by atoms with van der Waals surface area (Å²) in [4.78, 5) is 4.30. The lowest BCUT2D eigenvalue weighted by Gasteiger charge is -2.17. The number of nitrogens with two attached hydrogens (primary N) is 1. The summed E-state index contributed by atoms with van der Waals surface area (Å²) in [5.41, 5.74) is 2.58. The summed E-state index contributed by atoms with van der Waals surface area (Å²) in [6, 6.07) is 0.433. The number of hydrazine groups is 1. The third kappa shape index (κ3) is 7.16. The molecule has 0 aromatic carbocycles. The van der Waals surface area contributed by atoms with E-state index in [1.54, 1.807) is 7.11 Å². The van der Waals surface area contributed by atoms with E-state index in [0.717, 1.165) is 32.4 Å². The Hall–Kier alpha value is -0.810. The molecule has 0 bridgehead atoms. The van der Waals surface area contributed by atoms with Crippen molar-refractivity contribution >= 4 is 5.96 Å². The molecule has 0 spiro atoms. The Morgan fingerprint density at radius 1 is 1.40 bits per heavy atom. The molecule has 0 heterocycles. The van der Waals surface area contributed by atoms with Crippen LogP contribution in [0.2, 0.25) is 0 Å². The number of nitrogens with one attached hydrogen (secondary N) is 2. The second-order valence-electron chi connectivity index (χ2n) is 3.38. The van der Waals surface area contributed by atoms with Crippen molar-refractivity contribution in [1.29, 1.82) is 0 Å². The Morgan fingerprint density at radius 2 is 2.07 bits per heavy atom. The van der Waals surface area contributed by atoms with Gasteiger partial charge >= 0.3 is 0 Å². The van der Waals surface area contributed by atoms with E-state index in [9.17, 15) is 0 Å². The molecule has 0 aromatic heterocycles. The van der Waals surface area contributed by atoms with Gasteiger partial charge in [0.2, 0.25) is 5.96 Å². The average Bonchev–Trinajstić information content (AvgIpc) is 2.28. The molecule has 0 rings (SSSR count). The molecule has 0 aliphatic rings. The van der Waals surface area contributed by atoms with Gasteiger partial charge in [-0.3, -0.25) is 10.4 Å². The van der Waals surface area contributed by atoms with Gasteiger partial charge in [0.25, 0.3) is 0 Å². The highest BCUT2D eigenvalue weighted by Crippen LogP contribution is 1.95. The van der Waals surface area contributed by atoms with Crippen LogP contribution in [0.3, 0.4) is 0 Å². The van der Waals surface area contributed by atoms with Crippen molar-refractivity contribution in [2.24, 2.45) is 10.8 Å². The van der Waals surface area contributed by atoms with Crippen LogP contribution in [0.4, 0.5) is 0 Å². The summed E-state index contributed by atoms with van der Waals surface area (Å²) < 4.78 is 4.94. The number of aliphatic imine (C=N–C) groups is 1. The van der Waals surface area contributed by atoms with Crippen LogP contribution in [0.25, 0.3) is 0 Å². The Kier molecular flexibility index (Phi) is 9.21. The molecule has 90 valence electrons. The van der Waals surface area contributed by atoms with Crippen molar-refractivity contribution in [2.75, 3.05) is 20.3 Å². The molecule has 0 saturated heterocycles. The van der Waals surface area contributed by atoms with E-state index in [4.69, 9.17) is 10.6 Å². The lowest BCUT2D eigenvalue weighted by molar-refractivity contribution is 0.197. The van der Waals surface area contributed by atoms with E-state index in [1.807, 2.05) is 0 Å². The van der Waals surface area contributed by atoms with Crippen LogP contribution in [-0.4, -0.2) is 32.3 Å². The van der Waals surface area contributed by atoms with Gasteiger partial charge in [-0.2, -0.15) is 0 Å². The molecule has 0 radical (unpaired) electrons. The fourth-order valence-electron chi connectivity index (χ4n) is 1.22. The van der Waals surface area contributed by atoms with Crippen LogP contribution in [0.5, 0.6) is 0 Å². The summed E-state index contributed by atoms with van der Waals surface area (Å²) in [5.74, 6) is 6.04. The maximum atomic E-state index is 5.37. The number of hydrogen-bond donors (Lipinski definition) is 3. The Labute approximate surface area is 92.4 Å². The molecule has 5 heteroatoms. The zero-order valence-electron chi connectivity index (χ0n) is 10.0. The molecule has 4 N–H and O–H groups in total. The van der Waals surface area contributed by atoms with Crippen LogP contribution >= 0.6 is 0 Å². The minimum absolute atomic E-state index is 0.433. The van der Waals surface area contributed by atoms with Crippen LogP contribution in [-0.2, 0) is 4.74 Å². The van der Waals surface area contributed by atoms with E-state index in [1.165, 1.54) is 0 Å². The van der Waals surface area contributed by atoms with Crippen molar-refractivity contribution in [3.05, 3.63) is 0 Å². The SMILES string of the molecule is CCC(CC)NC(=NCCCOC)NN. The molecule has 0 amide bonds. The number of methoxy groups -OCH3 is 1. The first-order valence-corrected chi connectivity index (χ1v) is 5.54. The largest absolute Gasteiger partial charge is 0.385 e. The second-order valence-corrected chi connectivity index (χ2v) is 3.38. The van der Waals surface area contributed by atoms with E-state index in [0.29, 0.717) is 12.0 Å². The van der Waals surface area contributed by atoms with Gasteiger partial charge in [0.15, 0.2) is 0 Å². The molecule has 0 fully saturated rings. The van der Waals surface area contributed by atoms with E-state index in [-0.39, 0.29) is 0 Å². The topological polar surface area (TPSA) is 71.7 Å². The monoisotopic (exact) mass is 216 g/mol. The number of hydrogen-bond acceptors (Lipinski definition) is 3. The molecular formula is C10H24N4O. The quantitative estimate of drug-likeness (QED) is 0.192. The summed E-state index contributed by atoms with van der Waals surface area (Å²) in [6.45, 7) is 5.73. The number of rotatable bonds is 7. The molecule has 0 saturated carbocycles. The lowest BCUT2D eigenvalue weighted by atomic mass is 10.2. The molecule has 0 aliphatic heterocycles.